The number of hydrogen-bond donors (Lipinski definition) is 3. The van der Waals surface area contributed by atoms with Crippen molar-refractivity contribution in [1.29, 1.82) is 0 Å². The van der Waals surface area contributed by atoms with Gasteiger partial charge >= 0.3 is 6.03 Å². The number of carbonyl (C=O) groups excluding carboxylic acids is 1. The maximum absolute atomic E-state index is 11.4. The van der Waals surface area contributed by atoms with E-state index in [0.29, 0.717) is 18.7 Å². The number of hydrogen-bond acceptors (Lipinski definition) is 3. The van der Waals surface area contributed by atoms with Crippen molar-refractivity contribution in [3.63, 3.8) is 0 Å². The minimum Gasteiger partial charge on any atom is -0.396 e. The zero-order chi connectivity index (χ0) is 12.9. The van der Waals surface area contributed by atoms with Crippen molar-refractivity contribution in [2.24, 2.45) is 0 Å². The van der Waals surface area contributed by atoms with Crippen molar-refractivity contribution >= 4 is 11.7 Å². The summed E-state index contributed by atoms with van der Waals surface area (Å²) < 4.78 is 1.79. The molecule has 0 aliphatic rings. The molecule has 96 valence electrons. The molecular formula is C11H20N4O2. The first-order chi connectivity index (χ1) is 7.93. The van der Waals surface area contributed by atoms with E-state index in [1.807, 2.05) is 20.8 Å². The van der Waals surface area contributed by atoms with E-state index in [2.05, 4.69) is 15.7 Å². The van der Waals surface area contributed by atoms with Crippen LogP contribution in [0.2, 0.25) is 0 Å². The average Bonchev–Trinajstić information content (AvgIpc) is 2.66. The van der Waals surface area contributed by atoms with Crippen molar-refractivity contribution < 1.29 is 9.90 Å². The number of amides is 2. The summed E-state index contributed by atoms with van der Waals surface area (Å²) in [6.45, 7) is 6.62. The summed E-state index contributed by atoms with van der Waals surface area (Å²) >= 11 is 0. The molecule has 0 aliphatic heterocycles. The monoisotopic (exact) mass is 240 g/mol. The third kappa shape index (κ3) is 4.44. The Morgan fingerprint density at radius 3 is 2.76 bits per heavy atom. The van der Waals surface area contributed by atoms with Gasteiger partial charge in [-0.25, -0.2) is 4.79 Å². The Bertz CT molecular complexity index is 368. The van der Waals surface area contributed by atoms with E-state index < -0.39 is 0 Å². The largest absolute Gasteiger partial charge is 0.396 e. The summed E-state index contributed by atoms with van der Waals surface area (Å²) in [5.74, 6) is 0. The molecule has 3 N–H and O–H groups in total. The van der Waals surface area contributed by atoms with E-state index in [1.165, 1.54) is 0 Å². The highest BCUT2D eigenvalue weighted by molar-refractivity contribution is 5.88. The Morgan fingerprint density at radius 2 is 2.24 bits per heavy atom. The third-order valence-electron chi connectivity index (χ3n) is 2.15. The lowest BCUT2D eigenvalue weighted by Gasteiger charge is -2.18. The molecule has 1 heterocycles. The summed E-state index contributed by atoms with van der Waals surface area (Å²) in [6, 6.07) is -0.285. The van der Waals surface area contributed by atoms with Gasteiger partial charge in [0.15, 0.2) is 0 Å². The first kappa shape index (κ1) is 13.5. The van der Waals surface area contributed by atoms with Gasteiger partial charge in [0, 0.05) is 19.3 Å². The van der Waals surface area contributed by atoms with Crippen LogP contribution in [0.25, 0.3) is 0 Å². The van der Waals surface area contributed by atoms with Crippen molar-refractivity contribution in [1.82, 2.24) is 15.1 Å². The molecule has 0 unspecified atom stereocenters. The van der Waals surface area contributed by atoms with Crippen LogP contribution in [0, 0.1) is 0 Å². The van der Waals surface area contributed by atoms with Crippen LogP contribution in [0.1, 0.15) is 27.2 Å². The van der Waals surface area contributed by atoms with Crippen LogP contribution in [0.3, 0.4) is 0 Å². The van der Waals surface area contributed by atoms with Crippen LogP contribution in [0.5, 0.6) is 0 Å². The molecule has 2 amide bonds. The van der Waals surface area contributed by atoms with Gasteiger partial charge in [-0.1, -0.05) is 0 Å². The SMILES string of the molecule is CC(C)(C)n1cc(NC(=O)NCCCO)cn1. The van der Waals surface area contributed by atoms with Crippen LogP contribution >= 0.6 is 0 Å². The average molecular weight is 240 g/mol. The standard InChI is InChI=1S/C11H20N4O2/c1-11(2,3)15-8-9(7-13-15)14-10(17)12-5-4-6-16/h7-8,16H,4-6H2,1-3H3,(H2,12,14,17). The number of aliphatic hydroxyl groups is 1. The van der Waals surface area contributed by atoms with Crippen molar-refractivity contribution in [3.05, 3.63) is 12.4 Å². The fraction of sp³-hybridized carbons (Fsp3) is 0.636. The summed E-state index contributed by atoms with van der Waals surface area (Å²) in [6.07, 6.45) is 3.94. The normalized spacial score (nSPS) is 11.3. The van der Waals surface area contributed by atoms with Crippen LogP contribution in [-0.2, 0) is 5.54 Å². The molecule has 0 saturated carbocycles. The van der Waals surface area contributed by atoms with E-state index in [1.54, 1.807) is 17.1 Å². The fourth-order valence-electron chi connectivity index (χ4n) is 1.21. The number of nitrogens with zero attached hydrogens (tertiary/aromatic N) is 2. The number of nitrogens with one attached hydrogen (secondary N) is 2. The molecule has 1 rings (SSSR count). The number of aliphatic hydroxyl groups excluding tert-OH is 1. The van der Waals surface area contributed by atoms with Gasteiger partial charge in [-0.2, -0.15) is 5.10 Å². The van der Waals surface area contributed by atoms with Crippen LogP contribution < -0.4 is 10.6 Å². The zero-order valence-electron chi connectivity index (χ0n) is 10.5. The zero-order valence-corrected chi connectivity index (χ0v) is 10.5. The first-order valence-electron chi connectivity index (χ1n) is 5.64. The summed E-state index contributed by atoms with van der Waals surface area (Å²) in [7, 11) is 0. The molecule has 1 aromatic rings. The maximum atomic E-state index is 11.4. The Labute approximate surface area is 101 Å². The van der Waals surface area contributed by atoms with E-state index in [9.17, 15) is 4.79 Å². The highest BCUT2D eigenvalue weighted by Gasteiger charge is 2.14. The van der Waals surface area contributed by atoms with Gasteiger partial charge in [-0.05, 0) is 27.2 Å². The second kappa shape index (κ2) is 5.67. The number of rotatable bonds is 4. The molecule has 6 heteroatoms. The topological polar surface area (TPSA) is 79.2 Å². The number of aromatic nitrogens is 2. The molecular weight excluding hydrogens is 220 g/mol. The molecule has 17 heavy (non-hydrogen) atoms. The van der Waals surface area contributed by atoms with Gasteiger partial charge in [0.2, 0.25) is 0 Å². The maximum Gasteiger partial charge on any atom is 0.319 e. The summed E-state index contributed by atoms with van der Waals surface area (Å²) in [5, 5.41) is 18.1. The van der Waals surface area contributed by atoms with Gasteiger partial charge in [0.05, 0.1) is 17.4 Å². The molecule has 0 saturated heterocycles. The molecule has 0 atom stereocenters. The number of urea groups is 1. The molecule has 0 fully saturated rings. The fourth-order valence-corrected chi connectivity index (χ4v) is 1.21. The quantitative estimate of drug-likeness (QED) is 0.690. The van der Waals surface area contributed by atoms with E-state index in [-0.39, 0.29) is 18.2 Å². The van der Waals surface area contributed by atoms with Crippen molar-refractivity contribution in [2.75, 3.05) is 18.5 Å². The molecule has 0 radical (unpaired) electrons. The number of carbonyl (C=O) groups is 1. The minimum atomic E-state index is -0.285. The van der Waals surface area contributed by atoms with E-state index in [0.717, 1.165) is 0 Å². The summed E-state index contributed by atoms with van der Waals surface area (Å²) in [5.41, 5.74) is 0.550. The van der Waals surface area contributed by atoms with Gasteiger partial charge < -0.3 is 15.7 Å². The molecule has 6 nitrogen and oxygen atoms in total. The lowest BCUT2D eigenvalue weighted by atomic mass is 10.1. The van der Waals surface area contributed by atoms with Crippen LogP contribution in [0.4, 0.5) is 10.5 Å². The van der Waals surface area contributed by atoms with Crippen molar-refractivity contribution in [2.45, 2.75) is 32.7 Å². The van der Waals surface area contributed by atoms with Crippen LogP contribution in [0.15, 0.2) is 12.4 Å². The molecule has 0 bridgehead atoms. The minimum absolute atomic E-state index is 0.0717. The predicted octanol–water partition coefficient (Wildman–Crippen LogP) is 1.14. The Kier molecular flexibility index (Phi) is 4.51. The summed E-state index contributed by atoms with van der Waals surface area (Å²) in [4.78, 5) is 11.4. The number of anilines is 1. The Morgan fingerprint density at radius 1 is 1.53 bits per heavy atom. The van der Waals surface area contributed by atoms with E-state index in [4.69, 9.17) is 5.11 Å². The third-order valence-corrected chi connectivity index (χ3v) is 2.15. The molecule has 0 spiro atoms. The van der Waals surface area contributed by atoms with Gasteiger partial charge in [-0.15, -0.1) is 0 Å². The van der Waals surface area contributed by atoms with Gasteiger partial charge in [-0.3, -0.25) is 4.68 Å². The smallest absolute Gasteiger partial charge is 0.319 e. The second-order valence-corrected chi connectivity index (χ2v) is 4.80. The molecule has 0 aromatic carbocycles. The lowest BCUT2D eigenvalue weighted by Crippen LogP contribution is -2.29. The first-order valence-corrected chi connectivity index (χ1v) is 5.64. The molecule has 1 aromatic heterocycles. The highest BCUT2D eigenvalue weighted by Crippen LogP contribution is 2.15. The highest BCUT2D eigenvalue weighted by atomic mass is 16.3. The predicted molar refractivity (Wildman–Crippen MR) is 65.9 cm³/mol. The van der Waals surface area contributed by atoms with Crippen molar-refractivity contribution in [3.8, 4) is 0 Å². The molecule has 0 aliphatic carbocycles. The Hall–Kier alpha value is -1.56. The van der Waals surface area contributed by atoms with E-state index >= 15 is 0 Å². The Balaban J connectivity index is 2.46. The van der Waals surface area contributed by atoms with Gasteiger partial charge in [0.1, 0.15) is 0 Å². The lowest BCUT2D eigenvalue weighted by molar-refractivity contribution is 0.249. The van der Waals surface area contributed by atoms with Crippen LogP contribution in [-0.4, -0.2) is 34.1 Å². The second-order valence-electron chi connectivity index (χ2n) is 4.80. The van der Waals surface area contributed by atoms with Gasteiger partial charge in [0.25, 0.3) is 0 Å².